The van der Waals surface area contributed by atoms with Gasteiger partial charge in [0.15, 0.2) is 12.7 Å². The second-order valence-corrected chi connectivity index (χ2v) is 7.64. The first-order valence-electron chi connectivity index (χ1n) is 10.7. The van der Waals surface area contributed by atoms with Gasteiger partial charge in [-0.25, -0.2) is 4.39 Å². The maximum atomic E-state index is 14.3. The molecule has 170 valence electrons. The Hall–Kier alpha value is -3.87. The van der Waals surface area contributed by atoms with E-state index in [0.29, 0.717) is 23.5 Å². The summed E-state index contributed by atoms with van der Waals surface area (Å²) in [6.45, 7) is 0.187. The molecule has 33 heavy (non-hydrogen) atoms. The van der Waals surface area contributed by atoms with Gasteiger partial charge in [0.1, 0.15) is 17.3 Å². The number of oxime groups is 1. The average molecular weight is 448 g/mol. The normalized spacial score (nSPS) is 14.8. The van der Waals surface area contributed by atoms with E-state index < -0.39 is 0 Å². The minimum absolute atomic E-state index is 0.105. The predicted molar refractivity (Wildman–Crippen MR) is 123 cm³/mol. The summed E-state index contributed by atoms with van der Waals surface area (Å²) in [7, 11) is 1.61. The number of methoxy groups -OCH3 is 1. The number of hydrogen-bond acceptors (Lipinski definition) is 5. The summed E-state index contributed by atoms with van der Waals surface area (Å²) in [5.74, 6) is 0.667. The Morgan fingerprint density at radius 3 is 2.58 bits per heavy atom. The number of ether oxygens (including phenoxy) is 2. The summed E-state index contributed by atoms with van der Waals surface area (Å²) in [6, 6.07) is 23.1. The van der Waals surface area contributed by atoms with Crippen molar-refractivity contribution in [2.24, 2.45) is 5.16 Å². The number of rotatable bonds is 9. The van der Waals surface area contributed by atoms with Gasteiger partial charge >= 0.3 is 0 Å². The molecule has 1 atom stereocenters. The lowest BCUT2D eigenvalue weighted by Crippen LogP contribution is -2.40. The lowest BCUT2D eigenvalue weighted by atomic mass is 10.0. The van der Waals surface area contributed by atoms with Crippen LogP contribution in [0.15, 0.2) is 84.0 Å². The highest BCUT2D eigenvalue weighted by atomic mass is 19.1. The lowest BCUT2D eigenvalue weighted by Gasteiger charge is -2.25. The van der Waals surface area contributed by atoms with Crippen LogP contribution in [-0.4, -0.2) is 42.9 Å². The van der Waals surface area contributed by atoms with E-state index in [1.54, 1.807) is 42.3 Å². The van der Waals surface area contributed by atoms with Crippen LogP contribution in [0.5, 0.6) is 11.5 Å². The molecule has 0 aromatic heterocycles. The third kappa shape index (κ3) is 5.68. The molecule has 3 aromatic rings. The minimum atomic E-state index is -0.364. The quantitative estimate of drug-likeness (QED) is 0.486. The summed E-state index contributed by atoms with van der Waals surface area (Å²) in [5.41, 5.74) is 2.02. The largest absolute Gasteiger partial charge is 0.496 e. The number of halogens is 1. The SMILES string of the molecule is COc1ccccc1C1=NOC(CN(Cc2ccccc2F)C(=O)COc2ccccc2)C1. The van der Waals surface area contributed by atoms with Gasteiger partial charge in [0, 0.05) is 24.1 Å². The molecule has 0 fully saturated rings. The van der Waals surface area contributed by atoms with Crippen LogP contribution in [0.1, 0.15) is 17.5 Å². The Balaban J connectivity index is 1.45. The van der Waals surface area contributed by atoms with Crippen LogP contribution in [0.25, 0.3) is 0 Å². The van der Waals surface area contributed by atoms with Gasteiger partial charge in [-0.05, 0) is 30.3 Å². The standard InChI is InChI=1S/C26H25FN2O4/c1-31-25-14-8-6-12-22(25)24-15-21(33-28-24)17-29(16-19-9-5-7-13-23(19)27)26(30)18-32-20-10-3-2-4-11-20/h2-14,21H,15-18H2,1H3. The van der Waals surface area contributed by atoms with Gasteiger partial charge < -0.3 is 19.2 Å². The number of benzene rings is 3. The summed E-state index contributed by atoms with van der Waals surface area (Å²) in [4.78, 5) is 20.2. The maximum Gasteiger partial charge on any atom is 0.260 e. The molecule has 4 rings (SSSR count). The lowest BCUT2D eigenvalue weighted by molar-refractivity contribution is -0.135. The van der Waals surface area contributed by atoms with E-state index in [2.05, 4.69) is 5.16 Å². The van der Waals surface area contributed by atoms with Crippen molar-refractivity contribution in [2.45, 2.75) is 19.1 Å². The van der Waals surface area contributed by atoms with E-state index in [1.165, 1.54) is 6.07 Å². The zero-order valence-corrected chi connectivity index (χ0v) is 18.3. The maximum absolute atomic E-state index is 14.3. The smallest absolute Gasteiger partial charge is 0.260 e. The Morgan fingerprint density at radius 2 is 1.79 bits per heavy atom. The molecular weight excluding hydrogens is 423 g/mol. The van der Waals surface area contributed by atoms with Crippen molar-refractivity contribution in [3.63, 3.8) is 0 Å². The molecule has 7 heteroatoms. The highest BCUT2D eigenvalue weighted by Crippen LogP contribution is 2.25. The molecule has 0 saturated heterocycles. The second-order valence-electron chi connectivity index (χ2n) is 7.64. The van der Waals surface area contributed by atoms with E-state index in [-0.39, 0.29) is 37.5 Å². The van der Waals surface area contributed by atoms with Crippen molar-refractivity contribution in [1.29, 1.82) is 0 Å². The molecule has 6 nitrogen and oxygen atoms in total. The van der Waals surface area contributed by atoms with E-state index >= 15 is 0 Å². The molecule has 1 unspecified atom stereocenters. The summed E-state index contributed by atoms with van der Waals surface area (Å²) in [5, 5.41) is 4.22. The molecule has 0 aliphatic carbocycles. The van der Waals surface area contributed by atoms with Crippen molar-refractivity contribution < 1.29 is 23.5 Å². The second kappa shape index (κ2) is 10.6. The molecule has 0 bridgehead atoms. The first-order chi connectivity index (χ1) is 16.1. The van der Waals surface area contributed by atoms with E-state index in [9.17, 15) is 9.18 Å². The van der Waals surface area contributed by atoms with Crippen LogP contribution in [0.2, 0.25) is 0 Å². The van der Waals surface area contributed by atoms with Crippen molar-refractivity contribution >= 4 is 11.6 Å². The van der Waals surface area contributed by atoms with E-state index in [0.717, 1.165) is 11.3 Å². The van der Waals surface area contributed by atoms with Crippen molar-refractivity contribution in [2.75, 3.05) is 20.3 Å². The molecule has 0 spiro atoms. The van der Waals surface area contributed by atoms with Crippen LogP contribution in [0.3, 0.4) is 0 Å². The fourth-order valence-electron chi connectivity index (χ4n) is 3.65. The van der Waals surface area contributed by atoms with Gasteiger partial charge in [0.05, 0.1) is 19.4 Å². The van der Waals surface area contributed by atoms with Crippen molar-refractivity contribution in [3.8, 4) is 11.5 Å². The minimum Gasteiger partial charge on any atom is -0.496 e. The van der Waals surface area contributed by atoms with Crippen molar-refractivity contribution in [1.82, 2.24) is 4.90 Å². The highest BCUT2D eigenvalue weighted by molar-refractivity contribution is 6.03. The van der Waals surface area contributed by atoms with Crippen LogP contribution in [0.4, 0.5) is 4.39 Å². The monoisotopic (exact) mass is 448 g/mol. The molecule has 3 aromatic carbocycles. The Morgan fingerprint density at radius 1 is 1.06 bits per heavy atom. The first-order valence-corrected chi connectivity index (χ1v) is 10.7. The molecule has 0 saturated carbocycles. The Bertz CT molecular complexity index is 1120. The number of amides is 1. The number of hydrogen-bond donors (Lipinski definition) is 0. The van der Waals surface area contributed by atoms with E-state index in [1.807, 2.05) is 42.5 Å². The van der Waals surface area contributed by atoms with Crippen LogP contribution >= 0.6 is 0 Å². The van der Waals surface area contributed by atoms with Crippen LogP contribution < -0.4 is 9.47 Å². The molecule has 1 aliphatic heterocycles. The topological polar surface area (TPSA) is 60.4 Å². The molecule has 0 radical (unpaired) electrons. The van der Waals surface area contributed by atoms with Crippen LogP contribution in [-0.2, 0) is 16.2 Å². The zero-order chi connectivity index (χ0) is 23.0. The molecule has 0 N–H and O–H groups in total. The molecular formula is C26H25FN2O4. The van der Waals surface area contributed by atoms with E-state index in [4.69, 9.17) is 14.3 Å². The summed E-state index contributed by atoms with van der Waals surface area (Å²) >= 11 is 0. The number of carbonyl (C=O) groups is 1. The number of carbonyl (C=O) groups excluding carboxylic acids is 1. The average Bonchev–Trinajstić information content (AvgIpc) is 3.32. The van der Waals surface area contributed by atoms with Gasteiger partial charge in [-0.15, -0.1) is 0 Å². The third-order valence-electron chi connectivity index (χ3n) is 5.35. The fourth-order valence-corrected chi connectivity index (χ4v) is 3.65. The number of nitrogens with zero attached hydrogens (tertiary/aromatic N) is 2. The first kappa shape index (κ1) is 22.3. The van der Waals surface area contributed by atoms with Gasteiger partial charge in [-0.1, -0.05) is 53.7 Å². The van der Waals surface area contributed by atoms with Gasteiger partial charge in [0.2, 0.25) is 0 Å². The van der Waals surface area contributed by atoms with Gasteiger partial charge in [-0.3, -0.25) is 4.79 Å². The Kier molecular flexibility index (Phi) is 7.19. The third-order valence-corrected chi connectivity index (χ3v) is 5.35. The predicted octanol–water partition coefficient (Wildman–Crippen LogP) is 4.44. The zero-order valence-electron chi connectivity index (χ0n) is 18.3. The number of para-hydroxylation sites is 2. The van der Waals surface area contributed by atoms with Crippen LogP contribution in [0, 0.1) is 5.82 Å². The van der Waals surface area contributed by atoms with Gasteiger partial charge in [0.25, 0.3) is 5.91 Å². The summed E-state index contributed by atoms with van der Waals surface area (Å²) in [6.07, 6.45) is 0.137. The highest BCUT2D eigenvalue weighted by Gasteiger charge is 2.28. The van der Waals surface area contributed by atoms with Gasteiger partial charge in [-0.2, -0.15) is 0 Å². The molecule has 1 aliphatic rings. The summed E-state index contributed by atoms with van der Waals surface area (Å²) < 4.78 is 25.4. The fraction of sp³-hybridized carbons (Fsp3) is 0.231. The molecule has 1 heterocycles. The molecule has 1 amide bonds. The van der Waals surface area contributed by atoms with Crippen molar-refractivity contribution in [3.05, 3.63) is 95.8 Å². The Labute approximate surface area is 192 Å².